The highest BCUT2D eigenvalue weighted by Crippen LogP contribution is 2.27. The van der Waals surface area contributed by atoms with Gasteiger partial charge in [0.2, 0.25) is 5.91 Å². The first-order chi connectivity index (χ1) is 13.2. The Hall–Kier alpha value is -3.16. The minimum atomic E-state index is -0.144. The van der Waals surface area contributed by atoms with Crippen LogP contribution in [0.5, 0.6) is 11.5 Å². The van der Waals surface area contributed by atoms with E-state index in [0.717, 1.165) is 12.0 Å². The van der Waals surface area contributed by atoms with Crippen molar-refractivity contribution in [2.45, 2.75) is 13.0 Å². The molecule has 0 bridgehead atoms. The van der Waals surface area contributed by atoms with E-state index in [1.165, 1.54) is 0 Å². The first-order valence-corrected chi connectivity index (χ1v) is 8.60. The molecule has 0 atom stereocenters. The molecular weight excluding hydrogens is 348 g/mol. The van der Waals surface area contributed by atoms with Crippen LogP contribution < -0.4 is 25.4 Å². The van der Waals surface area contributed by atoms with Crippen molar-refractivity contribution in [1.82, 2.24) is 16.0 Å². The Morgan fingerprint density at radius 3 is 2.59 bits per heavy atom. The molecule has 8 heteroatoms. The van der Waals surface area contributed by atoms with Crippen molar-refractivity contribution >= 4 is 11.9 Å². The highest BCUT2D eigenvalue weighted by Gasteiger charge is 2.06. The molecule has 0 spiro atoms. The van der Waals surface area contributed by atoms with Crippen LogP contribution in [0.1, 0.15) is 11.3 Å². The van der Waals surface area contributed by atoms with Crippen LogP contribution in [-0.2, 0) is 17.8 Å². The maximum atomic E-state index is 11.9. The van der Waals surface area contributed by atoms with Crippen molar-refractivity contribution in [3.63, 3.8) is 0 Å². The highest BCUT2D eigenvalue weighted by atomic mass is 16.5. The minimum Gasteiger partial charge on any atom is -0.493 e. The van der Waals surface area contributed by atoms with Gasteiger partial charge in [-0.25, -0.2) is 0 Å². The molecule has 0 saturated heterocycles. The number of furan rings is 1. The van der Waals surface area contributed by atoms with E-state index in [0.29, 0.717) is 36.3 Å². The standard InChI is InChI=1S/C19H26N4O4/c1-20-19(23-13-18(24)22-12-15-5-4-10-27-15)21-9-8-14-6-7-16(25-2)17(11-14)26-3/h4-7,10-11H,8-9,12-13H2,1-3H3,(H,22,24)(H2,20,21,23). The van der Waals surface area contributed by atoms with Crippen molar-refractivity contribution in [2.24, 2.45) is 4.99 Å². The molecule has 0 fully saturated rings. The van der Waals surface area contributed by atoms with Crippen LogP contribution in [0.4, 0.5) is 0 Å². The smallest absolute Gasteiger partial charge is 0.239 e. The first kappa shape index (κ1) is 20.2. The zero-order valence-electron chi connectivity index (χ0n) is 15.9. The molecule has 1 amide bonds. The summed E-state index contributed by atoms with van der Waals surface area (Å²) in [6.45, 7) is 1.14. The number of nitrogens with one attached hydrogen (secondary N) is 3. The number of rotatable bonds is 9. The van der Waals surface area contributed by atoms with Gasteiger partial charge in [-0.15, -0.1) is 0 Å². The number of amides is 1. The predicted molar refractivity (Wildman–Crippen MR) is 103 cm³/mol. The average Bonchev–Trinajstić information content (AvgIpc) is 3.22. The van der Waals surface area contributed by atoms with Gasteiger partial charge in [-0.05, 0) is 36.2 Å². The quantitative estimate of drug-likeness (QED) is 0.452. The Morgan fingerprint density at radius 2 is 1.93 bits per heavy atom. The van der Waals surface area contributed by atoms with Crippen LogP contribution in [0.25, 0.3) is 0 Å². The molecule has 0 saturated carbocycles. The third kappa shape index (κ3) is 6.58. The van der Waals surface area contributed by atoms with Crippen LogP contribution in [0.2, 0.25) is 0 Å². The molecule has 8 nitrogen and oxygen atoms in total. The zero-order valence-corrected chi connectivity index (χ0v) is 15.9. The summed E-state index contributed by atoms with van der Waals surface area (Å²) in [5.41, 5.74) is 1.10. The molecule has 1 aromatic carbocycles. The Kier molecular flexibility index (Phi) is 8.02. The summed E-state index contributed by atoms with van der Waals surface area (Å²) in [6.07, 6.45) is 2.34. The topological polar surface area (TPSA) is 97.1 Å². The second-order valence-electron chi connectivity index (χ2n) is 5.65. The number of hydrogen-bond acceptors (Lipinski definition) is 5. The van der Waals surface area contributed by atoms with Crippen LogP contribution in [0, 0.1) is 0 Å². The minimum absolute atomic E-state index is 0.122. The average molecular weight is 374 g/mol. The number of carbonyl (C=O) groups is 1. The molecule has 3 N–H and O–H groups in total. The third-order valence-corrected chi connectivity index (χ3v) is 3.83. The van der Waals surface area contributed by atoms with Crippen molar-refractivity contribution in [3.8, 4) is 11.5 Å². The molecule has 0 unspecified atom stereocenters. The lowest BCUT2D eigenvalue weighted by atomic mass is 10.1. The Morgan fingerprint density at radius 1 is 1.11 bits per heavy atom. The summed E-state index contributed by atoms with van der Waals surface area (Å²) in [5, 5.41) is 8.92. The van der Waals surface area contributed by atoms with Crippen molar-refractivity contribution in [2.75, 3.05) is 34.4 Å². The molecule has 1 aromatic heterocycles. The normalized spacial score (nSPS) is 11.0. The van der Waals surface area contributed by atoms with E-state index >= 15 is 0 Å². The fourth-order valence-corrected chi connectivity index (χ4v) is 2.41. The van der Waals surface area contributed by atoms with Gasteiger partial charge in [-0.1, -0.05) is 6.07 Å². The van der Waals surface area contributed by atoms with E-state index < -0.39 is 0 Å². The molecule has 146 valence electrons. The van der Waals surface area contributed by atoms with Crippen LogP contribution in [0.15, 0.2) is 46.0 Å². The van der Waals surface area contributed by atoms with Crippen LogP contribution in [-0.4, -0.2) is 46.2 Å². The Bertz CT molecular complexity index is 744. The largest absolute Gasteiger partial charge is 0.493 e. The molecule has 27 heavy (non-hydrogen) atoms. The van der Waals surface area contributed by atoms with Gasteiger partial charge in [0.25, 0.3) is 0 Å². The molecular formula is C19H26N4O4. The summed E-state index contributed by atoms with van der Waals surface area (Å²) in [4.78, 5) is 16.0. The van der Waals surface area contributed by atoms with E-state index in [1.54, 1.807) is 33.6 Å². The molecule has 0 aliphatic rings. The van der Waals surface area contributed by atoms with Gasteiger partial charge >= 0.3 is 0 Å². The van der Waals surface area contributed by atoms with Gasteiger partial charge in [-0.3, -0.25) is 9.79 Å². The van der Waals surface area contributed by atoms with Crippen LogP contribution >= 0.6 is 0 Å². The fourth-order valence-electron chi connectivity index (χ4n) is 2.41. The maximum absolute atomic E-state index is 11.9. The monoisotopic (exact) mass is 374 g/mol. The number of methoxy groups -OCH3 is 2. The van der Waals surface area contributed by atoms with Crippen molar-refractivity contribution in [3.05, 3.63) is 47.9 Å². The van der Waals surface area contributed by atoms with E-state index in [4.69, 9.17) is 13.9 Å². The second-order valence-corrected chi connectivity index (χ2v) is 5.65. The van der Waals surface area contributed by atoms with Gasteiger partial charge < -0.3 is 29.8 Å². The lowest BCUT2D eigenvalue weighted by Gasteiger charge is -2.13. The van der Waals surface area contributed by atoms with Gasteiger partial charge in [-0.2, -0.15) is 0 Å². The van der Waals surface area contributed by atoms with Gasteiger partial charge in [0.15, 0.2) is 17.5 Å². The summed E-state index contributed by atoms with van der Waals surface area (Å²) in [6, 6.07) is 9.40. The number of benzene rings is 1. The number of aliphatic imine (C=N–C) groups is 1. The van der Waals surface area contributed by atoms with Gasteiger partial charge in [0.1, 0.15) is 5.76 Å². The Labute approximate surface area is 159 Å². The fraction of sp³-hybridized carbons (Fsp3) is 0.368. The van der Waals surface area contributed by atoms with Gasteiger partial charge in [0, 0.05) is 13.6 Å². The van der Waals surface area contributed by atoms with E-state index in [9.17, 15) is 4.79 Å². The summed E-state index contributed by atoms with van der Waals surface area (Å²) < 4.78 is 15.7. The van der Waals surface area contributed by atoms with Crippen LogP contribution in [0.3, 0.4) is 0 Å². The number of guanidine groups is 1. The number of nitrogens with zero attached hydrogens (tertiary/aromatic N) is 1. The molecule has 0 radical (unpaired) electrons. The summed E-state index contributed by atoms with van der Waals surface area (Å²) >= 11 is 0. The molecule has 0 aliphatic heterocycles. The SMILES string of the molecule is CN=C(NCCc1ccc(OC)c(OC)c1)NCC(=O)NCc1ccco1. The Balaban J connectivity index is 1.71. The number of hydrogen-bond donors (Lipinski definition) is 3. The van der Waals surface area contributed by atoms with Crippen molar-refractivity contribution < 1.29 is 18.7 Å². The van der Waals surface area contributed by atoms with E-state index in [-0.39, 0.29) is 12.5 Å². The number of ether oxygens (including phenoxy) is 2. The van der Waals surface area contributed by atoms with E-state index in [2.05, 4.69) is 20.9 Å². The highest BCUT2D eigenvalue weighted by molar-refractivity contribution is 5.86. The summed E-state index contributed by atoms with van der Waals surface area (Å²) in [7, 11) is 4.88. The van der Waals surface area contributed by atoms with Gasteiger partial charge in [0.05, 0.1) is 33.6 Å². The lowest BCUT2D eigenvalue weighted by Crippen LogP contribution is -2.43. The number of carbonyl (C=O) groups excluding carboxylic acids is 1. The van der Waals surface area contributed by atoms with E-state index in [1.807, 2.05) is 24.3 Å². The molecule has 2 rings (SSSR count). The summed E-state index contributed by atoms with van der Waals surface area (Å²) in [5.74, 6) is 2.52. The molecule has 2 aromatic rings. The second kappa shape index (κ2) is 10.7. The molecule has 0 aliphatic carbocycles. The van der Waals surface area contributed by atoms with Crippen molar-refractivity contribution in [1.29, 1.82) is 0 Å². The molecule has 1 heterocycles. The zero-order chi connectivity index (χ0) is 19.5. The maximum Gasteiger partial charge on any atom is 0.239 e. The predicted octanol–water partition coefficient (Wildman–Crippen LogP) is 1.32. The lowest BCUT2D eigenvalue weighted by molar-refractivity contribution is -0.120. The first-order valence-electron chi connectivity index (χ1n) is 8.60. The third-order valence-electron chi connectivity index (χ3n) is 3.83.